The van der Waals surface area contributed by atoms with Gasteiger partial charge in [-0.2, -0.15) is 0 Å². The van der Waals surface area contributed by atoms with Crippen LogP contribution in [-0.2, 0) is 10.5 Å². The number of nitrogens with one attached hydrogen (secondary N) is 3. The fraction of sp³-hybridized carbons (Fsp3) is 0.200. The van der Waals surface area contributed by atoms with Gasteiger partial charge in [-0.3, -0.25) is 20.4 Å². The van der Waals surface area contributed by atoms with Crippen molar-refractivity contribution in [3.8, 4) is 0 Å². The quantitative estimate of drug-likeness (QED) is 0.697. The Bertz CT molecular complexity index is 655. The van der Waals surface area contributed by atoms with Crippen molar-refractivity contribution >= 4 is 39.5 Å². The summed E-state index contributed by atoms with van der Waals surface area (Å²) in [5.74, 6) is 0.409. The molecular weight excluding hydrogens is 366 g/mol. The van der Waals surface area contributed by atoms with Gasteiger partial charge in [-0.1, -0.05) is 29.8 Å². The van der Waals surface area contributed by atoms with Crippen LogP contribution >= 0.6 is 27.7 Å². The van der Waals surface area contributed by atoms with Crippen molar-refractivity contribution in [2.45, 2.75) is 12.7 Å². The van der Waals surface area contributed by atoms with Gasteiger partial charge < -0.3 is 4.98 Å². The molecule has 2 amide bonds. The van der Waals surface area contributed by atoms with Gasteiger partial charge in [0.15, 0.2) is 0 Å². The summed E-state index contributed by atoms with van der Waals surface area (Å²) >= 11 is 4.73. The van der Waals surface area contributed by atoms with Crippen LogP contribution in [0.2, 0.25) is 0 Å². The standard InChI is InChI=1S/C15H16BrN3O2S/c1-10-2-4-11(5-3-10)8-22-9-14(20)18-19-15(21)13-6-12(16)7-17-13/h2-7,17H,8-9H2,1H3,(H,18,20)(H,19,21). The highest BCUT2D eigenvalue weighted by molar-refractivity contribution is 9.10. The summed E-state index contributed by atoms with van der Waals surface area (Å²) in [7, 11) is 0. The second kappa shape index (κ2) is 8.05. The first-order valence-corrected chi connectivity index (χ1v) is 8.56. The van der Waals surface area contributed by atoms with E-state index in [1.54, 1.807) is 12.3 Å². The number of aromatic amines is 1. The van der Waals surface area contributed by atoms with E-state index in [1.165, 1.54) is 22.9 Å². The van der Waals surface area contributed by atoms with Gasteiger partial charge >= 0.3 is 0 Å². The molecule has 0 spiro atoms. The van der Waals surface area contributed by atoms with Crippen molar-refractivity contribution in [1.82, 2.24) is 15.8 Å². The lowest BCUT2D eigenvalue weighted by molar-refractivity contribution is -0.119. The van der Waals surface area contributed by atoms with Crippen LogP contribution in [0.25, 0.3) is 0 Å². The number of halogens is 1. The summed E-state index contributed by atoms with van der Waals surface area (Å²) < 4.78 is 0.776. The molecule has 2 aromatic rings. The minimum atomic E-state index is -0.386. The first-order chi connectivity index (χ1) is 10.5. The molecule has 0 aliphatic carbocycles. The van der Waals surface area contributed by atoms with Gasteiger partial charge in [0.1, 0.15) is 5.69 Å². The average Bonchev–Trinajstić information content (AvgIpc) is 2.93. The fourth-order valence-corrected chi connectivity index (χ4v) is 2.81. The van der Waals surface area contributed by atoms with Crippen LogP contribution in [-0.4, -0.2) is 22.6 Å². The van der Waals surface area contributed by atoms with Crippen LogP contribution in [0.3, 0.4) is 0 Å². The Balaban J connectivity index is 1.67. The smallest absolute Gasteiger partial charge is 0.286 e. The van der Waals surface area contributed by atoms with Crippen LogP contribution in [0.4, 0.5) is 0 Å². The van der Waals surface area contributed by atoms with Crippen molar-refractivity contribution in [2.24, 2.45) is 0 Å². The number of benzene rings is 1. The molecule has 0 aliphatic rings. The summed E-state index contributed by atoms with van der Waals surface area (Å²) in [5, 5.41) is 0. The lowest BCUT2D eigenvalue weighted by Gasteiger charge is -2.06. The highest BCUT2D eigenvalue weighted by Crippen LogP contribution is 2.12. The molecule has 0 aliphatic heterocycles. The molecule has 0 fully saturated rings. The lowest BCUT2D eigenvalue weighted by atomic mass is 10.2. The average molecular weight is 382 g/mol. The van der Waals surface area contributed by atoms with E-state index < -0.39 is 0 Å². The molecule has 1 aromatic carbocycles. The maximum absolute atomic E-state index is 11.7. The Kier molecular flexibility index (Phi) is 6.09. The molecular formula is C15H16BrN3O2S. The molecule has 3 N–H and O–H groups in total. The molecule has 0 saturated heterocycles. The second-order valence-corrected chi connectivity index (χ2v) is 6.61. The third-order valence-corrected chi connectivity index (χ3v) is 4.29. The summed E-state index contributed by atoms with van der Waals surface area (Å²) in [5.41, 5.74) is 7.51. The minimum Gasteiger partial charge on any atom is -0.356 e. The van der Waals surface area contributed by atoms with Crippen molar-refractivity contribution < 1.29 is 9.59 Å². The third-order valence-electron chi connectivity index (χ3n) is 2.83. The topological polar surface area (TPSA) is 74.0 Å². The lowest BCUT2D eigenvalue weighted by Crippen LogP contribution is -2.42. The van der Waals surface area contributed by atoms with E-state index >= 15 is 0 Å². The summed E-state index contributed by atoms with van der Waals surface area (Å²) in [6.07, 6.45) is 1.65. The maximum Gasteiger partial charge on any atom is 0.286 e. The number of rotatable bonds is 5. The number of aryl methyl sites for hydroxylation is 1. The molecule has 1 heterocycles. The Labute approximate surface area is 141 Å². The molecule has 1 aromatic heterocycles. The van der Waals surface area contributed by atoms with Crippen molar-refractivity contribution in [2.75, 3.05) is 5.75 Å². The molecule has 0 atom stereocenters. The highest BCUT2D eigenvalue weighted by Gasteiger charge is 2.09. The zero-order valence-corrected chi connectivity index (χ0v) is 14.4. The monoisotopic (exact) mass is 381 g/mol. The SMILES string of the molecule is Cc1ccc(CSCC(=O)NNC(=O)c2cc(Br)c[nH]2)cc1. The van der Waals surface area contributed by atoms with Gasteiger partial charge in [0.25, 0.3) is 5.91 Å². The number of hydrazine groups is 1. The van der Waals surface area contributed by atoms with E-state index in [-0.39, 0.29) is 17.6 Å². The van der Waals surface area contributed by atoms with E-state index in [2.05, 4.69) is 31.8 Å². The van der Waals surface area contributed by atoms with Crippen molar-refractivity contribution in [1.29, 1.82) is 0 Å². The second-order valence-electron chi connectivity index (χ2n) is 4.71. The minimum absolute atomic E-state index is 0.240. The van der Waals surface area contributed by atoms with Crippen LogP contribution in [0.5, 0.6) is 0 Å². The molecule has 22 heavy (non-hydrogen) atoms. The zero-order chi connectivity index (χ0) is 15.9. The Hall–Kier alpha value is -1.73. The number of aromatic nitrogens is 1. The van der Waals surface area contributed by atoms with E-state index in [9.17, 15) is 9.59 Å². The Morgan fingerprint density at radius 3 is 2.59 bits per heavy atom. The molecule has 0 saturated carbocycles. The third kappa shape index (κ3) is 5.23. The molecule has 116 valence electrons. The number of carbonyl (C=O) groups excluding carboxylic acids is 2. The van der Waals surface area contributed by atoms with Crippen LogP contribution in [0.15, 0.2) is 41.0 Å². The number of carbonyl (C=O) groups is 2. The predicted molar refractivity (Wildman–Crippen MR) is 91.4 cm³/mol. The number of H-pyrrole nitrogens is 1. The number of amides is 2. The molecule has 0 bridgehead atoms. The first kappa shape index (κ1) is 16.6. The zero-order valence-electron chi connectivity index (χ0n) is 12.0. The van der Waals surface area contributed by atoms with E-state index in [4.69, 9.17) is 0 Å². The van der Waals surface area contributed by atoms with E-state index in [1.807, 2.05) is 31.2 Å². The molecule has 0 radical (unpaired) electrons. The van der Waals surface area contributed by atoms with Crippen molar-refractivity contribution in [3.63, 3.8) is 0 Å². The first-order valence-electron chi connectivity index (χ1n) is 6.61. The van der Waals surface area contributed by atoms with Crippen LogP contribution in [0.1, 0.15) is 21.6 Å². The van der Waals surface area contributed by atoms with Crippen molar-refractivity contribution in [3.05, 3.63) is 57.8 Å². The van der Waals surface area contributed by atoms with Crippen LogP contribution in [0, 0.1) is 6.92 Å². The molecule has 5 nitrogen and oxygen atoms in total. The fourth-order valence-electron chi connectivity index (χ4n) is 1.67. The number of hydrogen-bond donors (Lipinski definition) is 3. The van der Waals surface area contributed by atoms with Gasteiger partial charge in [0.2, 0.25) is 5.91 Å². The molecule has 0 unspecified atom stereocenters. The normalized spacial score (nSPS) is 10.3. The maximum atomic E-state index is 11.7. The van der Waals surface area contributed by atoms with Gasteiger partial charge in [0.05, 0.1) is 5.75 Å². The summed E-state index contributed by atoms with van der Waals surface area (Å²) in [6.45, 7) is 2.04. The largest absolute Gasteiger partial charge is 0.356 e. The highest BCUT2D eigenvalue weighted by atomic mass is 79.9. The summed E-state index contributed by atoms with van der Waals surface area (Å²) in [6, 6.07) is 9.82. The van der Waals surface area contributed by atoms with Gasteiger partial charge in [-0.15, -0.1) is 11.8 Å². The van der Waals surface area contributed by atoms with Gasteiger partial charge in [-0.05, 0) is 34.5 Å². The number of thioether (sulfide) groups is 1. The van der Waals surface area contributed by atoms with Gasteiger partial charge in [0, 0.05) is 16.4 Å². The van der Waals surface area contributed by atoms with E-state index in [0.717, 1.165) is 10.2 Å². The number of hydrogen-bond acceptors (Lipinski definition) is 3. The predicted octanol–water partition coefficient (Wildman–Crippen LogP) is 2.78. The van der Waals surface area contributed by atoms with Crippen LogP contribution < -0.4 is 10.9 Å². The molecule has 2 rings (SSSR count). The van der Waals surface area contributed by atoms with Gasteiger partial charge in [-0.25, -0.2) is 0 Å². The van der Waals surface area contributed by atoms with E-state index in [0.29, 0.717) is 5.69 Å². The molecule has 7 heteroatoms. The Morgan fingerprint density at radius 1 is 1.23 bits per heavy atom. The Morgan fingerprint density at radius 2 is 1.95 bits per heavy atom. The summed E-state index contributed by atoms with van der Waals surface area (Å²) in [4.78, 5) is 26.1.